The van der Waals surface area contributed by atoms with Crippen LogP contribution < -0.4 is 0 Å². The number of allylic oxidation sites excluding steroid dienone is 1. The highest BCUT2D eigenvalue weighted by molar-refractivity contribution is 5.28. The Hall–Kier alpha value is -0.810. The molecule has 1 N–H and O–H groups in total. The number of nitrogens with zero attached hydrogens (tertiary/aromatic N) is 1. The summed E-state index contributed by atoms with van der Waals surface area (Å²) in [5.41, 5.74) is 0.532. The Morgan fingerprint density at radius 1 is 1.88 bits per heavy atom. The van der Waals surface area contributed by atoms with Gasteiger partial charge in [0.05, 0.1) is 17.7 Å². The molecule has 1 rings (SSSR count). The van der Waals surface area contributed by atoms with E-state index in [0.29, 0.717) is 5.57 Å². The van der Waals surface area contributed by atoms with Crippen LogP contribution in [-0.4, -0.2) is 11.2 Å². The molecule has 1 unspecified atom stereocenters. The minimum absolute atomic E-state index is 0.472. The molecule has 2 nitrogen and oxygen atoms in total. The van der Waals surface area contributed by atoms with Gasteiger partial charge >= 0.3 is 0 Å². The topological polar surface area (TPSA) is 44.0 Å². The molecule has 0 aromatic carbocycles. The van der Waals surface area contributed by atoms with Gasteiger partial charge in [0.15, 0.2) is 0 Å². The Morgan fingerprint density at radius 3 is 2.88 bits per heavy atom. The summed E-state index contributed by atoms with van der Waals surface area (Å²) >= 11 is 0. The molecule has 8 heavy (non-hydrogen) atoms. The monoisotopic (exact) mass is 109 g/mol. The highest BCUT2D eigenvalue weighted by Gasteiger charge is 2.14. The fourth-order valence-corrected chi connectivity index (χ4v) is 0.808. The van der Waals surface area contributed by atoms with Gasteiger partial charge in [0.2, 0.25) is 0 Å². The number of hydrogen-bond acceptors (Lipinski definition) is 2. The first-order chi connectivity index (χ1) is 3.84. The van der Waals surface area contributed by atoms with Crippen molar-refractivity contribution in [1.29, 1.82) is 5.26 Å². The van der Waals surface area contributed by atoms with Gasteiger partial charge in [0.1, 0.15) is 0 Å². The van der Waals surface area contributed by atoms with Gasteiger partial charge in [-0.2, -0.15) is 5.26 Å². The van der Waals surface area contributed by atoms with Gasteiger partial charge in [-0.3, -0.25) is 0 Å². The van der Waals surface area contributed by atoms with Crippen molar-refractivity contribution in [3.05, 3.63) is 11.6 Å². The van der Waals surface area contributed by atoms with E-state index in [9.17, 15) is 0 Å². The molecular weight excluding hydrogens is 102 g/mol. The van der Waals surface area contributed by atoms with Gasteiger partial charge in [-0.25, -0.2) is 0 Å². The molecule has 0 radical (unpaired) electrons. The normalized spacial score (nSPS) is 27.0. The first-order valence-corrected chi connectivity index (χ1v) is 2.63. The molecule has 0 saturated carbocycles. The molecule has 1 aliphatic rings. The van der Waals surface area contributed by atoms with E-state index in [4.69, 9.17) is 10.4 Å². The summed E-state index contributed by atoms with van der Waals surface area (Å²) in [6.45, 7) is 0. The zero-order valence-corrected chi connectivity index (χ0v) is 4.46. The first kappa shape index (κ1) is 5.33. The largest absolute Gasteiger partial charge is 0.388 e. The van der Waals surface area contributed by atoms with E-state index in [1.165, 1.54) is 0 Å². The molecule has 1 aliphatic carbocycles. The maximum absolute atomic E-state index is 8.90. The second-order valence-electron chi connectivity index (χ2n) is 1.86. The summed E-state index contributed by atoms with van der Waals surface area (Å²) in [4.78, 5) is 0. The van der Waals surface area contributed by atoms with Crippen LogP contribution in [0.4, 0.5) is 0 Å². The Labute approximate surface area is 48.1 Å². The van der Waals surface area contributed by atoms with Crippen LogP contribution in [0.5, 0.6) is 0 Å². The quantitative estimate of drug-likeness (QED) is 0.494. The maximum Gasteiger partial charge on any atom is 0.0971 e. The van der Waals surface area contributed by atoms with E-state index >= 15 is 0 Å². The first-order valence-electron chi connectivity index (χ1n) is 2.63. The van der Waals surface area contributed by atoms with Crippen LogP contribution in [0, 0.1) is 11.3 Å². The van der Waals surface area contributed by atoms with Crippen molar-refractivity contribution in [2.45, 2.75) is 18.9 Å². The fraction of sp³-hybridized carbons (Fsp3) is 0.500. The molecular formula is C6H7NO. The van der Waals surface area contributed by atoms with E-state index in [0.717, 1.165) is 12.8 Å². The van der Waals surface area contributed by atoms with Gasteiger partial charge < -0.3 is 5.11 Å². The molecule has 0 aromatic heterocycles. The lowest BCUT2D eigenvalue weighted by atomic mass is 10.2. The summed E-state index contributed by atoms with van der Waals surface area (Å²) in [5, 5.41) is 17.2. The molecule has 0 aliphatic heterocycles. The van der Waals surface area contributed by atoms with Crippen LogP contribution in [0.15, 0.2) is 11.6 Å². The van der Waals surface area contributed by atoms with Crippen molar-refractivity contribution >= 4 is 0 Å². The Bertz CT molecular complexity index is 154. The second-order valence-corrected chi connectivity index (χ2v) is 1.86. The molecule has 0 bridgehead atoms. The number of hydrogen-bond donors (Lipinski definition) is 1. The lowest BCUT2D eigenvalue weighted by molar-refractivity contribution is 0.216. The van der Waals surface area contributed by atoms with E-state index in [2.05, 4.69) is 0 Å². The second kappa shape index (κ2) is 1.97. The number of aliphatic hydroxyl groups is 1. The van der Waals surface area contributed by atoms with E-state index in [1.54, 1.807) is 6.08 Å². The maximum atomic E-state index is 8.90. The Kier molecular flexibility index (Phi) is 1.32. The highest BCUT2D eigenvalue weighted by Crippen LogP contribution is 2.16. The molecule has 0 heterocycles. The van der Waals surface area contributed by atoms with Crippen molar-refractivity contribution in [2.75, 3.05) is 0 Å². The Balaban J connectivity index is 2.66. The van der Waals surface area contributed by atoms with E-state index in [-0.39, 0.29) is 0 Å². The predicted octanol–water partition coefficient (Wildman–Crippen LogP) is 0.591. The zero-order valence-electron chi connectivity index (χ0n) is 4.46. The third-order valence-electron chi connectivity index (χ3n) is 1.29. The number of nitriles is 1. The standard InChI is InChI=1S/C6H7NO/c7-4-5-2-1-3-6(5)8/h2,6,8H,1,3H2. The average Bonchev–Trinajstić information content (AvgIpc) is 2.14. The lowest BCUT2D eigenvalue weighted by Gasteiger charge is -1.95. The molecule has 0 spiro atoms. The molecule has 0 fully saturated rings. The van der Waals surface area contributed by atoms with E-state index in [1.807, 2.05) is 6.07 Å². The molecule has 42 valence electrons. The lowest BCUT2D eigenvalue weighted by Crippen LogP contribution is -2.01. The van der Waals surface area contributed by atoms with Crippen molar-refractivity contribution in [3.63, 3.8) is 0 Å². The zero-order chi connectivity index (χ0) is 5.98. The van der Waals surface area contributed by atoms with Gasteiger partial charge in [0.25, 0.3) is 0 Å². The number of aliphatic hydroxyl groups excluding tert-OH is 1. The summed E-state index contributed by atoms with van der Waals surface area (Å²) in [6.07, 6.45) is 2.89. The average molecular weight is 109 g/mol. The van der Waals surface area contributed by atoms with Gasteiger partial charge in [-0.1, -0.05) is 6.08 Å². The molecule has 0 amide bonds. The van der Waals surface area contributed by atoms with Crippen LogP contribution in [-0.2, 0) is 0 Å². The van der Waals surface area contributed by atoms with Gasteiger partial charge in [-0.05, 0) is 12.8 Å². The van der Waals surface area contributed by atoms with Crippen molar-refractivity contribution < 1.29 is 5.11 Å². The van der Waals surface area contributed by atoms with Crippen molar-refractivity contribution in [3.8, 4) is 6.07 Å². The minimum Gasteiger partial charge on any atom is -0.388 e. The number of rotatable bonds is 0. The van der Waals surface area contributed by atoms with Crippen molar-refractivity contribution in [2.24, 2.45) is 0 Å². The third kappa shape index (κ3) is 0.728. The van der Waals surface area contributed by atoms with Crippen LogP contribution in [0.25, 0.3) is 0 Å². The molecule has 0 aromatic rings. The van der Waals surface area contributed by atoms with Crippen LogP contribution in [0.1, 0.15) is 12.8 Å². The minimum atomic E-state index is -0.472. The summed E-state index contributed by atoms with van der Waals surface area (Å²) in [5.74, 6) is 0. The highest BCUT2D eigenvalue weighted by atomic mass is 16.3. The van der Waals surface area contributed by atoms with E-state index < -0.39 is 6.10 Å². The predicted molar refractivity (Wildman–Crippen MR) is 28.9 cm³/mol. The smallest absolute Gasteiger partial charge is 0.0971 e. The molecule has 2 heteroatoms. The third-order valence-corrected chi connectivity index (χ3v) is 1.29. The SMILES string of the molecule is N#CC1=CCCC1O. The summed E-state index contributed by atoms with van der Waals surface area (Å²) in [6, 6.07) is 1.92. The summed E-state index contributed by atoms with van der Waals surface area (Å²) < 4.78 is 0. The fourth-order valence-electron chi connectivity index (χ4n) is 0.808. The van der Waals surface area contributed by atoms with Crippen LogP contribution in [0.3, 0.4) is 0 Å². The van der Waals surface area contributed by atoms with Crippen LogP contribution >= 0.6 is 0 Å². The summed E-state index contributed by atoms with van der Waals surface area (Å²) in [7, 11) is 0. The van der Waals surface area contributed by atoms with Crippen molar-refractivity contribution in [1.82, 2.24) is 0 Å². The molecule has 1 atom stereocenters. The van der Waals surface area contributed by atoms with Gasteiger partial charge in [0, 0.05) is 0 Å². The Morgan fingerprint density at radius 2 is 2.62 bits per heavy atom. The van der Waals surface area contributed by atoms with Crippen LogP contribution in [0.2, 0.25) is 0 Å². The van der Waals surface area contributed by atoms with Gasteiger partial charge in [-0.15, -0.1) is 0 Å². The molecule has 0 saturated heterocycles.